The Morgan fingerprint density at radius 3 is 3.07 bits per heavy atom. The van der Waals surface area contributed by atoms with Crippen molar-refractivity contribution in [2.45, 2.75) is 38.8 Å². The number of benzene rings is 1. The lowest BCUT2D eigenvalue weighted by atomic mass is 10.0. The zero-order chi connectivity index (χ0) is 18.8. The summed E-state index contributed by atoms with van der Waals surface area (Å²) in [5, 5.41) is 7.91. The lowest BCUT2D eigenvalue weighted by Crippen LogP contribution is -2.44. The van der Waals surface area contributed by atoms with Gasteiger partial charge in [-0.15, -0.1) is 0 Å². The number of hydrogen-bond acceptors (Lipinski definition) is 5. The molecule has 1 aromatic carbocycles. The van der Waals surface area contributed by atoms with Gasteiger partial charge in [-0.25, -0.2) is 4.79 Å². The summed E-state index contributed by atoms with van der Waals surface area (Å²) in [6.07, 6.45) is 2.85. The molecule has 4 rings (SSSR count). The topological polar surface area (TPSA) is 96.3 Å². The normalized spacial score (nSPS) is 17.3. The predicted molar refractivity (Wildman–Crippen MR) is 99.4 cm³/mol. The summed E-state index contributed by atoms with van der Waals surface area (Å²) < 4.78 is 10.6. The first-order valence-electron chi connectivity index (χ1n) is 9.14. The van der Waals surface area contributed by atoms with Crippen molar-refractivity contribution in [1.29, 1.82) is 0 Å². The summed E-state index contributed by atoms with van der Waals surface area (Å²) in [5.74, 6) is 1.91. The molecule has 1 fully saturated rings. The Balaban J connectivity index is 1.44. The van der Waals surface area contributed by atoms with Crippen molar-refractivity contribution in [1.82, 2.24) is 25.3 Å². The minimum atomic E-state index is -0.160. The van der Waals surface area contributed by atoms with Crippen molar-refractivity contribution >= 4 is 16.9 Å². The molecule has 1 atom stereocenters. The molecule has 0 spiro atoms. The number of fused-ring (bicyclic) bond motifs is 1. The van der Waals surface area contributed by atoms with Crippen LogP contribution in [-0.4, -0.2) is 39.7 Å². The number of piperidine rings is 1. The molecule has 0 unspecified atom stereocenters. The van der Waals surface area contributed by atoms with Gasteiger partial charge in [-0.1, -0.05) is 5.16 Å². The third-order valence-electron chi connectivity index (χ3n) is 4.91. The number of aryl methyl sites for hydroxylation is 1. The maximum absolute atomic E-state index is 12.8. The number of H-pyrrole nitrogens is 1. The van der Waals surface area contributed by atoms with Gasteiger partial charge in [0.05, 0.1) is 13.7 Å². The number of hydrogen-bond donors (Lipinski definition) is 2. The van der Waals surface area contributed by atoms with Gasteiger partial charge in [0.15, 0.2) is 5.82 Å². The standard InChI is InChI=1S/C19H23N5O3/c1-12-21-18(27-23-12)17-5-3-4-8-24(17)19(25)20-11-14-9-13-10-15(26-2)6-7-16(13)22-14/h6-7,9-10,17,22H,3-5,8,11H2,1-2H3,(H,20,25)/t17-/m1/s1. The average Bonchev–Trinajstić information content (AvgIpc) is 3.31. The van der Waals surface area contributed by atoms with Gasteiger partial charge in [0.1, 0.15) is 11.8 Å². The summed E-state index contributed by atoms with van der Waals surface area (Å²) in [6, 6.07) is 7.59. The number of amides is 2. The molecular weight excluding hydrogens is 346 g/mol. The fourth-order valence-corrected chi connectivity index (χ4v) is 3.55. The van der Waals surface area contributed by atoms with Crippen LogP contribution in [0.1, 0.15) is 42.7 Å². The Bertz CT molecular complexity index is 948. The van der Waals surface area contributed by atoms with Crippen LogP contribution in [0.4, 0.5) is 4.79 Å². The number of rotatable bonds is 4. The van der Waals surface area contributed by atoms with Crippen LogP contribution >= 0.6 is 0 Å². The van der Waals surface area contributed by atoms with Gasteiger partial charge in [0, 0.05) is 23.1 Å². The van der Waals surface area contributed by atoms with E-state index in [9.17, 15) is 4.79 Å². The number of carbonyl (C=O) groups excluding carboxylic acids is 1. The van der Waals surface area contributed by atoms with Crippen LogP contribution in [0.3, 0.4) is 0 Å². The number of nitrogens with one attached hydrogen (secondary N) is 2. The van der Waals surface area contributed by atoms with E-state index in [0.717, 1.165) is 41.6 Å². The molecule has 142 valence electrons. The van der Waals surface area contributed by atoms with Gasteiger partial charge >= 0.3 is 6.03 Å². The van der Waals surface area contributed by atoms with Crippen molar-refractivity contribution in [3.05, 3.63) is 41.7 Å². The number of urea groups is 1. The summed E-state index contributed by atoms with van der Waals surface area (Å²) >= 11 is 0. The third-order valence-corrected chi connectivity index (χ3v) is 4.91. The third kappa shape index (κ3) is 3.60. The molecule has 1 aliphatic heterocycles. The number of carbonyl (C=O) groups is 1. The molecule has 0 saturated carbocycles. The first kappa shape index (κ1) is 17.4. The zero-order valence-electron chi connectivity index (χ0n) is 15.5. The molecule has 3 heterocycles. The Morgan fingerprint density at radius 1 is 1.41 bits per heavy atom. The van der Waals surface area contributed by atoms with Crippen LogP contribution in [-0.2, 0) is 6.54 Å². The molecule has 8 nitrogen and oxygen atoms in total. The maximum atomic E-state index is 12.8. The largest absolute Gasteiger partial charge is 0.497 e. The lowest BCUT2D eigenvalue weighted by Gasteiger charge is -2.33. The highest BCUT2D eigenvalue weighted by Gasteiger charge is 2.31. The number of aromatic amines is 1. The Hall–Kier alpha value is -3.03. The van der Waals surface area contributed by atoms with E-state index >= 15 is 0 Å². The van der Waals surface area contributed by atoms with Crippen LogP contribution in [0.5, 0.6) is 5.75 Å². The van der Waals surface area contributed by atoms with Crippen LogP contribution in [0.15, 0.2) is 28.8 Å². The number of nitrogens with zero attached hydrogens (tertiary/aromatic N) is 3. The second kappa shape index (κ2) is 7.30. The van der Waals surface area contributed by atoms with Crippen LogP contribution < -0.4 is 10.1 Å². The Labute approximate surface area is 156 Å². The van der Waals surface area contributed by atoms with Crippen molar-refractivity contribution in [2.24, 2.45) is 0 Å². The van der Waals surface area contributed by atoms with E-state index in [2.05, 4.69) is 20.4 Å². The molecule has 0 radical (unpaired) electrons. The summed E-state index contributed by atoms with van der Waals surface area (Å²) in [5.41, 5.74) is 1.95. The number of methoxy groups -OCH3 is 1. The highest BCUT2D eigenvalue weighted by atomic mass is 16.5. The number of ether oxygens (including phenoxy) is 1. The second-order valence-electron chi connectivity index (χ2n) is 6.79. The maximum Gasteiger partial charge on any atom is 0.318 e. The second-order valence-corrected chi connectivity index (χ2v) is 6.79. The molecule has 0 aliphatic carbocycles. The van der Waals surface area contributed by atoms with Crippen molar-refractivity contribution in [3.63, 3.8) is 0 Å². The first-order chi connectivity index (χ1) is 13.1. The molecule has 2 N–H and O–H groups in total. The fourth-order valence-electron chi connectivity index (χ4n) is 3.55. The van der Waals surface area contributed by atoms with Crippen LogP contribution in [0, 0.1) is 6.92 Å². The molecule has 1 saturated heterocycles. The van der Waals surface area contributed by atoms with Crippen molar-refractivity contribution < 1.29 is 14.1 Å². The fraction of sp³-hybridized carbons (Fsp3) is 0.421. The van der Waals surface area contributed by atoms with E-state index in [0.29, 0.717) is 24.8 Å². The average molecular weight is 369 g/mol. The van der Waals surface area contributed by atoms with Gasteiger partial charge in [0.2, 0.25) is 5.89 Å². The minimum Gasteiger partial charge on any atom is -0.497 e. The quantitative estimate of drug-likeness (QED) is 0.735. The molecule has 8 heteroatoms. The summed E-state index contributed by atoms with van der Waals surface area (Å²) in [7, 11) is 1.65. The van der Waals surface area contributed by atoms with Gasteiger partial charge in [0.25, 0.3) is 0 Å². The molecule has 27 heavy (non-hydrogen) atoms. The summed E-state index contributed by atoms with van der Waals surface area (Å²) in [6.45, 7) is 2.88. The van der Waals surface area contributed by atoms with Gasteiger partial charge < -0.3 is 24.5 Å². The summed E-state index contributed by atoms with van der Waals surface area (Å²) in [4.78, 5) is 22.2. The molecule has 2 amide bonds. The smallest absolute Gasteiger partial charge is 0.318 e. The van der Waals surface area contributed by atoms with E-state index in [1.807, 2.05) is 24.3 Å². The van der Waals surface area contributed by atoms with Gasteiger partial charge in [-0.3, -0.25) is 0 Å². The van der Waals surface area contributed by atoms with E-state index < -0.39 is 0 Å². The molecular formula is C19H23N5O3. The first-order valence-corrected chi connectivity index (χ1v) is 9.14. The number of aromatic nitrogens is 3. The zero-order valence-corrected chi connectivity index (χ0v) is 15.5. The number of likely N-dealkylation sites (tertiary alicyclic amines) is 1. The van der Waals surface area contributed by atoms with Crippen molar-refractivity contribution in [3.8, 4) is 5.75 Å². The highest BCUT2D eigenvalue weighted by molar-refractivity contribution is 5.82. The molecule has 2 aromatic heterocycles. The molecule has 3 aromatic rings. The highest BCUT2D eigenvalue weighted by Crippen LogP contribution is 2.30. The monoisotopic (exact) mass is 369 g/mol. The van der Waals surface area contributed by atoms with Gasteiger partial charge in [-0.05, 0) is 50.5 Å². The van der Waals surface area contributed by atoms with E-state index in [4.69, 9.17) is 9.26 Å². The molecule has 0 bridgehead atoms. The van der Waals surface area contributed by atoms with Crippen molar-refractivity contribution in [2.75, 3.05) is 13.7 Å². The van der Waals surface area contributed by atoms with E-state index in [-0.39, 0.29) is 12.1 Å². The van der Waals surface area contributed by atoms with E-state index in [1.54, 1.807) is 18.9 Å². The lowest BCUT2D eigenvalue weighted by molar-refractivity contribution is 0.131. The minimum absolute atomic E-state index is 0.119. The predicted octanol–water partition coefficient (Wildman–Crippen LogP) is 3.30. The molecule has 1 aliphatic rings. The Morgan fingerprint density at radius 2 is 2.30 bits per heavy atom. The Kier molecular flexibility index (Phi) is 4.70. The van der Waals surface area contributed by atoms with Crippen LogP contribution in [0.2, 0.25) is 0 Å². The van der Waals surface area contributed by atoms with E-state index in [1.165, 1.54) is 0 Å². The van der Waals surface area contributed by atoms with Crippen LogP contribution in [0.25, 0.3) is 10.9 Å². The van der Waals surface area contributed by atoms with Gasteiger partial charge in [-0.2, -0.15) is 4.98 Å². The SMILES string of the molecule is COc1ccc2[nH]c(CNC(=O)N3CCCC[C@@H]3c3nc(C)no3)cc2c1.